The average molecular weight is 411 g/mol. The minimum Gasteiger partial charge on any atom is -0.489 e. The highest BCUT2D eigenvalue weighted by Gasteiger charge is 2.30. The smallest absolute Gasteiger partial charge is 0.254 e. The molecule has 1 aliphatic heterocycles. The van der Waals surface area contributed by atoms with Crippen LogP contribution in [0, 0.1) is 13.8 Å². The highest BCUT2D eigenvalue weighted by Crippen LogP contribution is 2.34. The number of aromatic nitrogens is 1. The van der Waals surface area contributed by atoms with Gasteiger partial charge in [-0.1, -0.05) is 35.0 Å². The number of benzene rings is 2. The van der Waals surface area contributed by atoms with Crippen molar-refractivity contribution in [2.45, 2.75) is 39.3 Å². The molecule has 2 heterocycles. The van der Waals surface area contributed by atoms with Gasteiger partial charge in [0.05, 0.1) is 17.3 Å². The summed E-state index contributed by atoms with van der Waals surface area (Å²) >= 11 is 6.01. The molecule has 6 heteroatoms. The third-order valence-electron chi connectivity index (χ3n) is 5.41. The zero-order chi connectivity index (χ0) is 20.4. The monoisotopic (exact) mass is 410 g/mol. The van der Waals surface area contributed by atoms with Crippen LogP contribution in [0.25, 0.3) is 0 Å². The Labute approximate surface area is 175 Å². The Kier molecular flexibility index (Phi) is 5.58. The SMILES string of the molecule is Cc1noc(C)c1COc1cccc(C(=O)N2CCCC2c2ccc(Cl)cc2)c1. The van der Waals surface area contributed by atoms with Crippen LogP contribution in [0.2, 0.25) is 5.02 Å². The lowest BCUT2D eigenvalue weighted by Gasteiger charge is -2.25. The van der Waals surface area contributed by atoms with Gasteiger partial charge in [-0.2, -0.15) is 0 Å². The van der Waals surface area contributed by atoms with E-state index >= 15 is 0 Å². The molecule has 5 nitrogen and oxygen atoms in total. The molecule has 1 aromatic heterocycles. The fourth-order valence-electron chi connectivity index (χ4n) is 3.79. The predicted octanol–water partition coefficient (Wildman–Crippen LogP) is 5.50. The third kappa shape index (κ3) is 4.15. The summed E-state index contributed by atoms with van der Waals surface area (Å²) in [6.07, 6.45) is 1.94. The minimum atomic E-state index is 0.0187. The second-order valence-electron chi connectivity index (χ2n) is 7.33. The van der Waals surface area contributed by atoms with Crippen molar-refractivity contribution in [1.82, 2.24) is 10.1 Å². The van der Waals surface area contributed by atoms with Crippen molar-refractivity contribution in [3.05, 3.63) is 81.7 Å². The summed E-state index contributed by atoms with van der Waals surface area (Å²) in [6, 6.07) is 15.2. The zero-order valence-electron chi connectivity index (χ0n) is 16.5. The Morgan fingerprint density at radius 1 is 1.24 bits per heavy atom. The van der Waals surface area contributed by atoms with Gasteiger partial charge in [-0.05, 0) is 62.6 Å². The number of halogens is 1. The van der Waals surface area contributed by atoms with Crippen molar-refractivity contribution in [3.8, 4) is 5.75 Å². The standard InChI is InChI=1S/C23H23ClN2O3/c1-15-21(16(2)29-25-15)14-28-20-6-3-5-18(13-20)23(27)26-12-4-7-22(26)17-8-10-19(24)11-9-17/h3,5-6,8-11,13,22H,4,7,12,14H2,1-2H3. The summed E-state index contributed by atoms with van der Waals surface area (Å²) in [5.74, 6) is 1.42. The van der Waals surface area contributed by atoms with Crippen molar-refractivity contribution in [1.29, 1.82) is 0 Å². The summed E-state index contributed by atoms with van der Waals surface area (Å²) in [6.45, 7) is 4.86. The van der Waals surface area contributed by atoms with Gasteiger partial charge >= 0.3 is 0 Å². The fourth-order valence-corrected chi connectivity index (χ4v) is 3.92. The van der Waals surface area contributed by atoms with Gasteiger partial charge in [-0.3, -0.25) is 4.79 Å². The summed E-state index contributed by atoms with van der Waals surface area (Å²) in [5.41, 5.74) is 3.50. The van der Waals surface area contributed by atoms with E-state index in [-0.39, 0.29) is 11.9 Å². The average Bonchev–Trinajstić information content (AvgIpc) is 3.34. The number of amides is 1. The van der Waals surface area contributed by atoms with Gasteiger partial charge in [0.15, 0.2) is 0 Å². The van der Waals surface area contributed by atoms with Gasteiger partial charge in [0.25, 0.3) is 5.91 Å². The van der Waals surface area contributed by atoms with Crippen LogP contribution in [0.4, 0.5) is 0 Å². The normalized spacial score (nSPS) is 16.2. The molecule has 2 aromatic carbocycles. The van der Waals surface area contributed by atoms with Crippen LogP contribution in [-0.4, -0.2) is 22.5 Å². The van der Waals surface area contributed by atoms with Crippen molar-refractivity contribution in [2.24, 2.45) is 0 Å². The number of ether oxygens (including phenoxy) is 1. The van der Waals surface area contributed by atoms with Crippen LogP contribution in [0.15, 0.2) is 53.1 Å². The predicted molar refractivity (Wildman–Crippen MR) is 111 cm³/mol. The van der Waals surface area contributed by atoms with Crippen LogP contribution >= 0.6 is 11.6 Å². The maximum absolute atomic E-state index is 13.2. The molecule has 0 N–H and O–H groups in total. The molecule has 29 heavy (non-hydrogen) atoms. The first kappa shape index (κ1) is 19.5. The quantitative estimate of drug-likeness (QED) is 0.557. The number of carbonyl (C=O) groups excluding carboxylic acids is 1. The van der Waals surface area contributed by atoms with Gasteiger partial charge < -0.3 is 14.2 Å². The maximum atomic E-state index is 13.2. The lowest BCUT2D eigenvalue weighted by molar-refractivity contribution is 0.0735. The Hall–Kier alpha value is -2.79. The molecule has 0 bridgehead atoms. The number of carbonyl (C=O) groups is 1. The maximum Gasteiger partial charge on any atom is 0.254 e. The van der Waals surface area contributed by atoms with Gasteiger partial charge in [0.1, 0.15) is 18.1 Å². The zero-order valence-corrected chi connectivity index (χ0v) is 17.3. The van der Waals surface area contributed by atoms with Crippen molar-refractivity contribution < 1.29 is 14.1 Å². The molecule has 1 fully saturated rings. The molecule has 1 unspecified atom stereocenters. The highest BCUT2D eigenvalue weighted by atomic mass is 35.5. The van der Waals surface area contributed by atoms with E-state index in [0.29, 0.717) is 22.9 Å². The Balaban J connectivity index is 1.50. The molecule has 1 aliphatic rings. The number of rotatable bonds is 5. The second-order valence-corrected chi connectivity index (χ2v) is 7.76. The number of aryl methyl sites for hydroxylation is 2. The lowest BCUT2D eigenvalue weighted by atomic mass is 10.0. The molecule has 0 spiro atoms. The van der Waals surface area contributed by atoms with E-state index in [9.17, 15) is 4.79 Å². The van der Waals surface area contributed by atoms with E-state index in [4.69, 9.17) is 20.9 Å². The molecular formula is C23H23ClN2O3. The van der Waals surface area contributed by atoms with Crippen LogP contribution in [0.1, 0.15) is 51.8 Å². The number of hydrogen-bond donors (Lipinski definition) is 0. The van der Waals surface area contributed by atoms with Crippen LogP contribution in [0.3, 0.4) is 0 Å². The fraction of sp³-hybridized carbons (Fsp3) is 0.304. The number of likely N-dealkylation sites (tertiary alicyclic amines) is 1. The summed E-state index contributed by atoms with van der Waals surface area (Å²) in [7, 11) is 0. The highest BCUT2D eigenvalue weighted by molar-refractivity contribution is 6.30. The summed E-state index contributed by atoms with van der Waals surface area (Å²) in [4.78, 5) is 15.2. The second kappa shape index (κ2) is 8.29. The van der Waals surface area contributed by atoms with Crippen LogP contribution in [-0.2, 0) is 6.61 Å². The number of nitrogens with zero attached hydrogens (tertiary/aromatic N) is 2. The minimum absolute atomic E-state index is 0.0187. The van der Waals surface area contributed by atoms with E-state index in [0.717, 1.165) is 42.0 Å². The summed E-state index contributed by atoms with van der Waals surface area (Å²) in [5, 5.41) is 4.65. The molecule has 1 amide bonds. The lowest BCUT2D eigenvalue weighted by Crippen LogP contribution is -2.30. The van der Waals surface area contributed by atoms with Crippen LogP contribution in [0.5, 0.6) is 5.75 Å². The largest absolute Gasteiger partial charge is 0.489 e. The van der Waals surface area contributed by atoms with Gasteiger partial charge in [0.2, 0.25) is 0 Å². The molecule has 0 saturated carbocycles. The Morgan fingerprint density at radius 3 is 2.76 bits per heavy atom. The number of hydrogen-bond acceptors (Lipinski definition) is 4. The third-order valence-corrected chi connectivity index (χ3v) is 5.67. The van der Waals surface area contributed by atoms with E-state index in [1.165, 1.54) is 0 Å². The first-order valence-corrected chi connectivity index (χ1v) is 10.1. The molecule has 150 valence electrons. The van der Waals surface area contributed by atoms with Crippen molar-refractivity contribution in [3.63, 3.8) is 0 Å². The first-order chi connectivity index (χ1) is 14.0. The molecular weight excluding hydrogens is 388 g/mol. The van der Waals surface area contributed by atoms with Gasteiger partial charge in [0, 0.05) is 17.1 Å². The van der Waals surface area contributed by atoms with Crippen molar-refractivity contribution in [2.75, 3.05) is 6.54 Å². The molecule has 4 rings (SSSR count). The van der Waals surface area contributed by atoms with E-state index < -0.39 is 0 Å². The van der Waals surface area contributed by atoms with E-state index in [1.54, 1.807) is 6.07 Å². The first-order valence-electron chi connectivity index (χ1n) is 9.74. The van der Waals surface area contributed by atoms with E-state index in [2.05, 4.69) is 5.16 Å². The van der Waals surface area contributed by atoms with Gasteiger partial charge in [-0.15, -0.1) is 0 Å². The van der Waals surface area contributed by atoms with Crippen molar-refractivity contribution >= 4 is 17.5 Å². The van der Waals surface area contributed by atoms with Crippen LogP contribution < -0.4 is 4.74 Å². The molecule has 0 aliphatic carbocycles. The molecule has 0 radical (unpaired) electrons. The molecule has 1 saturated heterocycles. The topological polar surface area (TPSA) is 55.6 Å². The van der Waals surface area contributed by atoms with Gasteiger partial charge in [-0.25, -0.2) is 0 Å². The molecule has 1 atom stereocenters. The Bertz CT molecular complexity index is 994. The van der Waals surface area contributed by atoms with E-state index in [1.807, 2.05) is 61.2 Å². The Morgan fingerprint density at radius 2 is 2.03 bits per heavy atom. The summed E-state index contributed by atoms with van der Waals surface area (Å²) < 4.78 is 11.1. The molecule has 3 aromatic rings.